The highest BCUT2D eigenvalue weighted by Gasteiger charge is 2.45. The van der Waals surface area contributed by atoms with E-state index >= 15 is 0 Å². The van der Waals surface area contributed by atoms with Gasteiger partial charge < -0.3 is 19.9 Å². The molecule has 0 aromatic heterocycles. The maximum absolute atomic E-state index is 12.1. The minimum Gasteiger partial charge on any atom is -0.435 e. The quantitative estimate of drug-likeness (QED) is 0.843. The average molecular weight is 356 g/mol. The molecule has 6 nitrogen and oxygen atoms in total. The Labute approximate surface area is 144 Å². The van der Waals surface area contributed by atoms with E-state index in [1.54, 1.807) is 0 Å². The molecule has 2 N–H and O–H groups in total. The highest BCUT2D eigenvalue weighted by atomic mass is 19.3. The van der Waals surface area contributed by atoms with Gasteiger partial charge in [0.25, 0.3) is 0 Å². The summed E-state index contributed by atoms with van der Waals surface area (Å²) in [5.74, 6) is -0.188. The van der Waals surface area contributed by atoms with Gasteiger partial charge in [0.1, 0.15) is 5.75 Å². The highest BCUT2D eigenvalue weighted by molar-refractivity contribution is 5.92. The zero-order valence-electron chi connectivity index (χ0n) is 13.8. The second-order valence-electron chi connectivity index (χ2n) is 6.47. The minimum absolute atomic E-state index is 0.0361. The van der Waals surface area contributed by atoms with Crippen molar-refractivity contribution in [2.24, 2.45) is 0 Å². The summed E-state index contributed by atoms with van der Waals surface area (Å²) >= 11 is 0. The first kappa shape index (κ1) is 18.0. The van der Waals surface area contributed by atoms with Gasteiger partial charge in [-0.2, -0.15) is 8.78 Å². The maximum Gasteiger partial charge on any atom is 0.387 e. The Morgan fingerprint density at radius 3 is 2.76 bits per heavy atom. The van der Waals surface area contributed by atoms with E-state index in [0.29, 0.717) is 31.8 Å². The lowest BCUT2D eigenvalue weighted by Gasteiger charge is -2.42. The monoisotopic (exact) mass is 356 g/mol. The molecule has 2 heterocycles. The summed E-state index contributed by atoms with van der Waals surface area (Å²) in [5, 5.41) is 13.1. The SMILES string of the molecule is O=C(CN1CC[C@@]2(CCCO2)[C@@H](O)C1)Nc1ccc(OC(F)F)cc1. The number of aliphatic hydroxyl groups excluding tert-OH is 1. The van der Waals surface area contributed by atoms with Gasteiger partial charge in [0.05, 0.1) is 18.2 Å². The van der Waals surface area contributed by atoms with Crippen molar-refractivity contribution >= 4 is 11.6 Å². The van der Waals surface area contributed by atoms with Crippen molar-refractivity contribution in [2.45, 2.75) is 37.6 Å². The van der Waals surface area contributed by atoms with Crippen LogP contribution >= 0.6 is 0 Å². The molecule has 2 fully saturated rings. The van der Waals surface area contributed by atoms with Crippen LogP contribution in [0, 0.1) is 0 Å². The third-order valence-corrected chi connectivity index (χ3v) is 4.75. The maximum atomic E-state index is 12.1. The van der Waals surface area contributed by atoms with E-state index in [0.717, 1.165) is 12.8 Å². The van der Waals surface area contributed by atoms with Crippen molar-refractivity contribution in [2.75, 3.05) is 31.6 Å². The van der Waals surface area contributed by atoms with Gasteiger partial charge in [0, 0.05) is 25.4 Å². The van der Waals surface area contributed by atoms with Crippen LogP contribution in [0.3, 0.4) is 0 Å². The Kier molecular flexibility index (Phi) is 5.51. The van der Waals surface area contributed by atoms with Crippen LogP contribution in [0.4, 0.5) is 14.5 Å². The zero-order valence-corrected chi connectivity index (χ0v) is 13.8. The van der Waals surface area contributed by atoms with E-state index in [1.807, 2.05) is 4.90 Å². The van der Waals surface area contributed by atoms with Crippen molar-refractivity contribution in [1.82, 2.24) is 4.90 Å². The first-order chi connectivity index (χ1) is 12.0. The van der Waals surface area contributed by atoms with Gasteiger partial charge in [-0.1, -0.05) is 0 Å². The summed E-state index contributed by atoms with van der Waals surface area (Å²) in [4.78, 5) is 14.0. The molecule has 25 heavy (non-hydrogen) atoms. The van der Waals surface area contributed by atoms with Gasteiger partial charge in [-0.15, -0.1) is 0 Å². The lowest BCUT2D eigenvalue weighted by atomic mass is 9.86. The van der Waals surface area contributed by atoms with Crippen molar-refractivity contribution in [3.05, 3.63) is 24.3 Å². The molecule has 1 spiro atoms. The number of halogens is 2. The topological polar surface area (TPSA) is 71.0 Å². The lowest BCUT2D eigenvalue weighted by molar-refractivity contribution is -0.135. The second kappa shape index (κ2) is 7.63. The first-order valence-electron chi connectivity index (χ1n) is 8.36. The molecule has 0 unspecified atom stereocenters. The molecule has 0 bridgehead atoms. The largest absolute Gasteiger partial charge is 0.435 e. The molecule has 8 heteroatoms. The van der Waals surface area contributed by atoms with Crippen LogP contribution in [0.15, 0.2) is 24.3 Å². The van der Waals surface area contributed by atoms with Crippen LogP contribution in [0.2, 0.25) is 0 Å². The number of nitrogens with one attached hydrogen (secondary N) is 1. The van der Waals surface area contributed by atoms with E-state index in [9.17, 15) is 18.7 Å². The van der Waals surface area contributed by atoms with E-state index in [-0.39, 0.29) is 18.2 Å². The zero-order chi connectivity index (χ0) is 17.9. The number of piperidine rings is 1. The summed E-state index contributed by atoms with van der Waals surface area (Å²) in [5.41, 5.74) is 0.0628. The Hall–Kier alpha value is -1.77. The van der Waals surface area contributed by atoms with E-state index < -0.39 is 18.3 Å². The van der Waals surface area contributed by atoms with E-state index in [1.165, 1.54) is 24.3 Å². The number of amides is 1. The molecule has 2 saturated heterocycles. The third-order valence-electron chi connectivity index (χ3n) is 4.75. The molecule has 0 saturated carbocycles. The fourth-order valence-electron chi connectivity index (χ4n) is 3.46. The highest BCUT2D eigenvalue weighted by Crippen LogP contribution is 2.35. The number of aliphatic hydroxyl groups is 1. The van der Waals surface area contributed by atoms with Crippen LogP contribution in [0.5, 0.6) is 5.75 Å². The Morgan fingerprint density at radius 1 is 1.40 bits per heavy atom. The van der Waals surface area contributed by atoms with E-state index in [2.05, 4.69) is 10.1 Å². The molecule has 0 radical (unpaired) electrons. The summed E-state index contributed by atoms with van der Waals surface area (Å²) < 4.78 is 34.2. The Balaban J connectivity index is 1.48. The number of alkyl halides is 2. The average Bonchev–Trinajstić information content (AvgIpc) is 3.02. The van der Waals surface area contributed by atoms with Gasteiger partial charge in [0.2, 0.25) is 5.91 Å². The molecule has 2 atom stereocenters. The summed E-state index contributed by atoms with van der Waals surface area (Å²) in [6.07, 6.45) is 1.94. The van der Waals surface area contributed by atoms with Crippen LogP contribution < -0.4 is 10.1 Å². The van der Waals surface area contributed by atoms with Crippen molar-refractivity contribution in [3.63, 3.8) is 0 Å². The first-order valence-corrected chi connectivity index (χ1v) is 8.36. The molecule has 1 aromatic rings. The number of ether oxygens (including phenoxy) is 2. The molecule has 1 amide bonds. The van der Waals surface area contributed by atoms with Gasteiger partial charge in [-0.05, 0) is 43.5 Å². The molecular formula is C17H22F2N2O4. The number of carbonyl (C=O) groups excluding carboxylic acids is 1. The van der Waals surface area contributed by atoms with Gasteiger partial charge in [-0.25, -0.2) is 0 Å². The molecule has 138 valence electrons. The molecular weight excluding hydrogens is 334 g/mol. The Morgan fingerprint density at radius 2 is 2.16 bits per heavy atom. The van der Waals surface area contributed by atoms with Gasteiger partial charge in [-0.3, -0.25) is 9.69 Å². The predicted molar refractivity (Wildman–Crippen MR) is 86.7 cm³/mol. The van der Waals surface area contributed by atoms with Crippen LogP contribution in [-0.4, -0.2) is 60.5 Å². The van der Waals surface area contributed by atoms with Crippen LogP contribution in [-0.2, 0) is 9.53 Å². The smallest absolute Gasteiger partial charge is 0.387 e. The van der Waals surface area contributed by atoms with Crippen LogP contribution in [0.25, 0.3) is 0 Å². The minimum atomic E-state index is -2.88. The van der Waals surface area contributed by atoms with Gasteiger partial charge in [0.15, 0.2) is 0 Å². The van der Waals surface area contributed by atoms with Crippen molar-refractivity contribution in [1.29, 1.82) is 0 Å². The van der Waals surface area contributed by atoms with E-state index in [4.69, 9.17) is 4.74 Å². The number of anilines is 1. The number of likely N-dealkylation sites (tertiary alicyclic amines) is 1. The van der Waals surface area contributed by atoms with Crippen molar-refractivity contribution in [3.8, 4) is 5.75 Å². The molecule has 2 aliphatic rings. The number of benzene rings is 1. The number of carbonyl (C=O) groups is 1. The normalized spacial score (nSPS) is 27.0. The summed E-state index contributed by atoms with van der Waals surface area (Å²) in [7, 11) is 0. The predicted octanol–water partition coefficient (Wildman–Crippen LogP) is 1.84. The third kappa shape index (κ3) is 4.45. The molecule has 2 aliphatic heterocycles. The van der Waals surface area contributed by atoms with Crippen LogP contribution in [0.1, 0.15) is 19.3 Å². The summed E-state index contributed by atoms with van der Waals surface area (Å²) in [6, 6.07) is 5.74. The number of nitrogens with zero attached hydrogens (tertiary/aromatic N) is 1. The Bertz CT molecular complexity index is 591. The number of rotatable bonds is 5. The number of hydrogen-bond acceptors (Lipinski definition) is 5. The second-order valence-corrected chi connectivity index (χ2v) is 6.47. The van der Waals surface area contributed by atoms with Gasteiger partial charge >= 0.3 is 6.61 Å². The fourth-order valence-corrected chi connectivity index (χ4v) is 3.46. The standard InChI is InChI=1S/C17H22F2N2O4/c18-16(19)25-13-4-2-12(3-5-13)20-15(23)11-21-8-7-17(14(22)10-21)6-1-9-24-17/h2-5,14,16,22H,1,6-11H2,(H,20,23)/t14-,17-/m0/s1. The lowest BCUT2D eigenvalue weighted by Crippen LogP contribution is -2.56. The number of hydrogen-bond donors (Lipinski definition) is 2. The molecule has 0 aliphatic carbocycles. The van der Waals surface area contributed by atoms with Crippen molar-refractivity contribution < 1.29 is 28.2 Å². The molecule has 3 rings (SSSR count). The number of β-amino-alcohol motifs (C(OH)–C–C–N with tert-alkyl or cyclic N) is 1. The fraction of sp³-hybridized carbons (Fsp3) is 0.588. The summed E-state index contributed by atoms with van der Waals surface area (Å²) in [6.45, 7) is -0.955. The molecule has 1 aromatic carbocycles.